The number of hydrogen-bond acceptors (Lipinski definition) is 6. The van der Waals surface area contributed by atoms with Gasteiger partial charge >= 0.3 is 0 Å². The Kier molecular flexibility index (Phi) is 4.44. The van der Waals surface area contributed by atoms with Gasteiger partial charge in [0.05, 0.1) is 18.3 Å². The summed E-state index contributed by atoms with van der Waals surface area (Å²) in [7, 11) is 0. The summed E-state index contributed by atoms with van der Waals surface area (Å²) in [6, 6.07) is 3.64. The first-order chi connectivity index (χ1) is 13.3. The van der Waals surface area contributed by atoms with Crippen LogP contribution in [0, 0.1) is 13.8 Å². The number of hydrogen-bond donors (Lipinski definition) is 0. The third-order valence-electron chi connectivity index (χ3n) is 5.54. The van der Waals surface area contributed by atoms with Gasteiger partial charge in [-0.15, -0.1) is 0 Å². The summed E-state index contributed by atoms with van der Waals surface area (Å²) in [6.07, 6.45) is 3.61. The summed E-state index contributed by atoms with van der Waals surface area (Å²) >= 11 is 0. The topological polar surface area (TPSA) is 81.2 Å². The maximum Gasteiger partial charge on any atom is 0.266 e. The van der Waals surface area contributed by atoms with Crippen molar-refractivity contribution in [2.45, 2.75) is 65.5 Å². The second-order valence-corrected chi connectivity index (χ2v) is 8.60. The number of aryl methyl sites for hydroxylation is 1. The van der Waals surface area contributed by atoms with Gasteiger partial charge in [-0.25, -0.2) is 9.67 Å². The molecule has 0 bridgehead atoms. The number of rotatable bonds is 3. The van der Waals surface area contributed by atoms with Crippen LogP contribution >= 0.6 is 0 Å². The van der Waals surface area contributed by atoms with E-state index in [2.05, 4.69) is 52.8 Å². The summed E-state index contributed by atoms with van der Waals surface area (Å²) in [5.74, 6) is 1.62. The van der Waals surface area contributed by atoms with Crippen molar-refractivity contribution in [2.24, 2.45) is 0 Å². The lowest BCUT2D eigenvalue weighted by atomic mass is 9.92. The highest BCUT2D eigenvalue weighted by atomic mass is 16.1. The summed E-state index contributed by atoms with van der Waals surface area (Å²) < 4.78 is 3.42. The lowest BCUT2D eigenvalue weighted by Gasteiger charge is -2.29. The van der Waals surface area contributed by atoms with Crippen LogP contribution in [0.15, 0.2) is 23.3 Å². The molecule has 0 aliphatic carbocycles. The molecule has 0 aromatic carbocycles. The van der Waals surface area contributed by atoms with Gasteiger partial charge in [0.2, 0.25) is 0 Å². The lowest BCUT2D eigenvalue weighted by molar-refractivity contribution is 0.455. The standard InChI is InChI=1S/C20H27N7O/c1-13-14(2)23-19-21-12-22-27(19)18(13)25-10-6-7-15(25)11-26-17(28)9-8-16(24-26)20(3,4)5/h8-9,12,15H,6-7,10-11H2,1-5H3. The van der Waals surface area contributed by atoms with Crippen LogP contribution in [0.25, 0.3) is 5.78 Å². The molecule has 8 heteroatoms. The van der Waals surface area contributed by atoms with E-state index in [1.807, 2.05) is 17.5 Å². The molecule has 1 atom stereocenters. The second kappa shape index (κ2) is 6.68. The van der Waals surface area contributed by atoms with Crippen molar-refractivity contribution in [3.8, 4) is 0 Å². The summed E-state index contributed by atoms with van der Waals surface area (Å²) in [6.45, 7) is 11.9. The molecule has 1 saturated heterocycles. The highest BCUT2D eigenvalue weighted by Crippen LogP contribution is 2.30. The van der Waals surface area contributed by atoms with Gasteiger partial charge in [-0.1, -0.05) is 20.8 Å². The fourth-order valence-corrected chi connectivity index (χ4v) is 3.84. The molecule has 8 nitrogen and oxygen atoms in total. The molecule has 3 aromatic rings. The van der Waals surface area contributed by atoms with Crippen LogP contribution in [0.5, 0.6) is 0 Å². The predicted molar refractivity (Wildman–Crippen MR) is 108 cm³/mol. The molecule has 1 aliphatic rings. The van der Waals surface area contributed by atoms with Crippen molar-refractivity contribution in [2.75, 3.05) is 11.4 Å². The Morgan fingerprint density at radius 3 is 2.75 bits per heavy atom. The van der Waals surface area contributed by atoms with Gasteiger partial charge in [0, 0.05) is 29.3 Å². The molecule has 0 amide bonds. The minimum atomic E-state index is -0.101. The monoisotopic (exact) mass is 381 g/mol. The first-order valence-corrected chi connectivity index (χ1v) is 9.78. The second-order valence-electron chi connectivity index (χ2n) is 8.60. The zero-order valence-corrected chi connectivity index (χ0v) is 17.2. The van der Waals surface area contributed by atoms with Gasteiger partial charge in [-0.3, -0.25) is 4.79 Å². The predicted octanol–water partition coefficient (Wildman–Crippen LogP) is 2.26. The third kappa shape index (κ3) is 3.16. The molecular formula is C20H27N7O. The van der Waals surface area contributed by atoms with E-state index < -0.39 is 0 Å². The number of nitrogens with zero attached hydrogens (tertiary/aromatic N) is 7. The fraction of sp³-hybridized carbons (Fsp3) is 0.550. The minimum absolute atomic E-state index is 0.0617. The summed E-state index contributed by atoms with van der Waals surface area (Å²) in [5, 5.41) is 9.05. The first-order valence-electron chi connectivity index (χ1n) is 9.78. The molecular weight excluding hydrogens is 354 g/mol. The van der Waals surface area contributed by atoms with Crippen molar-refractivity contribution >= 4 is 11.6 Å². The maximum absolute atomic E-state index is 12.5. The van der Waals surface area contributed by atoms with Crippen molar-refractivity contribution in [1.29, 1.82) is 0 Å². The number of anilines is 1. The minimum Gasteiger partial charge on any atom is -0.351 e. The molecule has 0 radical (unpaired) electrons. The first kappa shape index (κ1) is 18.6. The molecule has 4 rings (SSSR count). The van der Waals surface area contributed by atoms with Crippen LogP contribution in [0.3, 0.4) is 0 Å². The Balaban J connectivity index is 1.73. The molecule has 148 valence electrons. The van der Waals surface area contributed by atoms with Crippen LogP contribution in [-0.2, 0) is 12.0 Å². The average molecular weight is 381 g/mol. The number of aromatic nitrogens is 6. The number of fused-ring (bicyclic) bond motifs is 1. The van der Waals surface area contributed by atoms with Gasteiger partial charge in [-0.2, -0.15) is 19.7 Å². The Bertz CT molecular complexity index is 1080. The summed E-state index contributed by atoms with van der Waals surface area (Å²) in [5.41, 5.74) is 2.80. The summed E-state index contributed by atoms with van der Waals surface area (Å²) in [4.78, 5) is 23.6. The highest BCUT2D eigenvalue weighted by Gasteiger charge is 2.30. The van der Waals surface area contributed by atoms with Crippen molar-refractivity contribution < 1.29 is 0 Å². The molecule has 1 fully saturated rings. The molecule has 4 heterocycles. The molecule has 28 heavy (non-hydrogen) atoms. The van der Waals surface area contributed by atoms with Crippen LogP contribution < -0.4 is 10.5 Å². The lowest BCUT2D eigenvalue weighted by Crippen LogP contribution is -2.39. The van der Waals surface area contributed by atoms with Gasteiger partial charge in [0.25, 0.3) is 11.3 Å². The smallest absolute Gasteiger partial charge is 0.266 e. The van der Waals surface area contributed by atoms with Crippen LogP contribution in [0.1, 0.15) is 50.6 Å². The largest absolute Gasteiger partial charge is 0.351 e. The molecule has 1 aliphatic heterocycles. The van der Waals surface area contributed by atoms with Gasteiger partial charge in [0.15, 0.2) is 0 Å². The van der Waals surface area contributed by atoms with Crippen LogP contribution in [0.2, 0.25) is 0 Å². The molecule has 3 aromatic heterocycles. The van der Waals surface area contributed by atoms with Gasteiger partial charge in [-0.05, 0) is 32.8 Å². The van der Waals surface area contributed by atoms with Gasteiger partial charge < -0.3 is 4.90 Å². The van der Waals surface area contributed by atoms with Crippen molar-refractivity contribution in [1.82, 2.24) is 29.4 Å². The highest BCUT2D eigenvalue weighted by molar-refractivity contribution is 5.55. The van der Waals surface area contributed by atoms with Crippen molar-refractivity contribution in [3.63, 3.8) is 0 Å². The normalized spacial score (nSPS) is 17.6. The van der Waals surface area contributed by atoms with Gasteiger partial charge in [0.1, 0.15) is 12.1 Å². The van der Waals surface area contributed by atoms with E-state index in [-0.39, 0.29) is 17.0 Å². The quantitative estimate of drug-likeness (QED) is 0.692. The van der Waals surface area contributed by atoms with E-state index >= 15 is 0 Å². The van der Waals surface area contributed by atoms with Crippen LogP contribution in [0.4, 0.5) is 5.82 Å². The Hall–Kier alpha value is -2.77. The molecule has 1 unspecified atom stereocenters. The Labute approximate surface area is 164 Å². The van der Waals surface area contributed by atoms with Crippen molar-refractivity contribution in [3.05, 3.63) is 45.8 Å². The molecule has 0 saturated carbocycles. The molecule has 0 spiro atoms. The van der Waals surface area contributed by atoms with E-state index in [1.165, 1.54) is 6.33 Å². The average Bonchev–Trinajstić information content (AvgIpc) is 3.26. The van der Waals surface area contributed by atoms with E-state index in [0.717, 1.165) is 42.2 Å². The molecule has 0 N–H and O–H groups in total. The zero-order chi connectivity index (χ0) is 20.1. The van der Waals surface area contributed by atoms with E-state index in [9.17, 15) is 4.79 Å². The maximum atomic E-state index is 12.5. The third-order valence-corrected chi connectivity index (χ3v) is 5.54. The fourth-order valence-electron chi connectivity index (χ4n) is 3.84. The van der Waals surface area contributed by atoms with E-state index in [0.29, 0.717) is 12.3 Å². The van der Waals surface area contributed by atoms with E-state index in [1.54, 1.807) is 10.7 Å². The van der Waals surface area contributed by atoms with E-state index in [4.69, 9.17) is 0 Å². The SMILES string of the molecule is Cc1nc2ncnn2c(N2CCCC2Cn2nc(C(C)(C)C)ccc2=O)c1C. The Morgan fingerprint density at radius 1 is 1.21 bits per heavy atom. The Morgan fingerprint density at radius 2 is 2.00 bits per heavy atom. The zero-order valence-electron chi connectivity index (χ0n) is 17.2. The van der Waals surface area contributed by atoms with Crippen LogP contribution in [-0.4, -0.2) is 41.9 Å².